The molecule has 6 nitrogen and oxygen atoms in total. The summed E-state index contributed by atoms with van der Waals surface area (Å²) in [6.45, 7) is 8.03. The number of nitrogens with zero attached hydrogens (tertiary/aromatic N) is 3. The summed E-state index contributed by atoms with van der Waals surface area (Å²) in [5.41, 5.74) is 0.415. The van der Waals surface area contributed by atoms with Gasteiger partial charge in [0.05, 0.1) is 6.20 Å². The van der Waals surface area contributed by atoms with Crippen molar-refractivity contribution in [1.82, 2.24) is 25.6 Å². The van der Waals surface area contributed by atoms with Gasteiger partial charge >= 0.3 is 0 Å². The van der Waals surface area contributed by atoms with Gasteiger partial charge in [-0.15, -0.1) is 5.10 Å². The molecular weight excluding hydrogens is 254 g/mol. The number of rotatable bonds is 7. The van der Waals surface area contributed by atoms with Crippen molar-refractivity contribution >= 4 is 5.91 Å². The van der Waals surface area contributed by atoms with E-state index >= 15 is 0 Å². The van der Waals surface area contributed by atoms with Gasteiger partial charge in [0.25, 0.3) is 5.91 Å². The largest absolute Gasteiger partial charge is 0.351 e. The molecule has 1 aliphatic heterocycles. The van der Waals surface area contributed by atoms with Crippen LogP contribution in [-0.4, -0.2) is 40.5 Å². The van der Waals surface area contributed by atoms with Crippen molar-refractivity contribution < 1.29 is 4.79 Å². The molecule has 2 heterocycles. The molecule has 0 spiro atoms. The lowest BCUT2D eigenvalue weighted by Crippen LogP contribution is -2.26. The summed E-state index contributed by atoms with van der Waals surface area (Å²) in [7, 11) is 0. The lowest BCUT2D eigenvalue weighted by atomic mass is 10.1. The third kappa shape index (κ3) is 4.59. The lowest BCUT2D eigenvalue weighted by molar-refractivity contribution is 0.0946. The quantitative estimate of drug-likeness (QED) is 0.782. The zero-order valence-corrected chi connectivity index (χ0v) is 12.4. The minimum absolute atomic E-state index is 0.119. The second kappa shape index (κ2) is 7.38. The molecule has 0 aliphatic carbocycles. The van der Waals surface area contributed by atoms with Gasteiger partial charge in [0, 0.05) is 13.1 Å². The molecule has 0 radical (unpaired) electrons. The molecule has 1 amide bonds. The Bertz CT molecular complexity index is 423. The number of nitrogens with one attached hydrogen (secondary N) is 2. The number of carbonyl (C=O) groups is 1. The Labute approximate surface area is 120 Å². The zero-order chi connectivity index (χ0) is 14.4. The molecule has 1 saturated heterocycles. The van der Waals surface area contributed by atoms with Crippen molar-refractivity contribution in [1.29, 1.82) is 0 Å². The third-order valence-corrected chi connectivity index (χ3v) is 3.71. The van der Waals surface area contributed by atoms with Crippen molar-refractivity contribution in [3.63, 3.8) is 0 Å². The number of aryl methyl sites for hydroxylation is 1. The standard InChI is InChI=1S/C14H25N5O/c1-11(2)5-8-19-10-13(17-18-19)14(20)16-7-4-12-3-6-15-9-12/h10-12,15H,3-9H2,1-2H3,(H,16,20). The molecule has 2 rings (SSSR count). The van der Waals surface area contributed by atoms with E-state index in [4.69, 9.17) is 0 Å². The molecule has 112 valence electrons. The van der Waals surface area contributed by atoms with Crippen LogP contribution in [0, 0.1) is 11.8 Å². The van der Waals surface area contributed by atoms with Crippen molar-refractivity contribution in [3.05, 3.63) is 11.9 Å². The van der Waals surface area contributed by atoms with Gasteiger partial charge in [0.15, 0.2) is 5.69 Å². The van der Waals surface area contributed by atoms with Gasteiger partial charge in [-0.2, -0.15) is 0 Å². The molecule has 1 atom stereocenters. The van der Waals surface area contributed by atoms with Gasteiger partial charge in [0.1, 0.15) is 0 Å². The van der Waals surface area contributed by atoms with E-state index < -0.39 is 0 Å². The zero-order valence-electron chi connectivity index (χ0n) is 12.4. The molecule has 1 aliphatic rings. The average Bonchev–Trinajstić information content (AvgIpc) is 3.07. The van der Waals surface area contributed by atoms with Crippen LogP contribution < -0.4 is 10.6 Å². The first-order valence-electron chi connectivity index (χ1n) is 7.54. The molecule has 6 heteroatoms. The first kappa shape index (κ1) is 15.0. The van der Waals surface area contributed by atoms with Crippen LogP contribution in [0.25, 0.3) is 0 Å². The predicted octanol–water partition coefficient (Wildman–Crippen LogP) is 1.05. The number of carbonyl (C=O) groups excluding carboxylic acids is 1. The van der Waals surface area contributed by atoms with Gasteiger partial charge < -0.3 is 10.6 Å². The maximum atomic E-state index is 11.9. The van der Waals surface area contributed by atoms with Crippen molar-refractivity contribution in [2.75, 3.05) is 19.6 Å². The van der Waals surface area contributed by atoms with Crippen molar-refractivity contribution in [2.45, 2.75) is 39.7 Å². The second-order valence-electron chi connectivity index (χ2n) is 5.95. The minimum Gasteiger partial charge on any atom is -0.351 e. The van der Waals surface area contributed by atoms with Gasteiger partial charge in [-0.1, -0.05) is 19.1 Å². The normalized spacial score (nSPS) is 18.6. The van der Waals surface area contributed by atoms with Gasteiger partial charge in [-0.25, -0.2) is 0 Å². The highest BCUT2D eigenvalue weighted by molar-refractivity contribution is 5.91. The minimum atomic E-state index is -0.119. The average molecular weight is 279 g/mol. The summed E-state index contributed by atoms with van der Waals surface area (Å²) >= 11 is 0. The van der Waals surface area contributed by atoms with Gasteiger partial charge in [-0.05, 0) is 44.2 Å². The Kier molecular flexibility index (Phi) is 5.52. The van der Waals surface area contributed by atoms with Gasteiger partial charge in [-0.3, -0.25) is 9.48 Å². The molecule has 1 unspecified atom stereocenters. The SMILES string of the molecule is CC(C)CCn1cc(C(=O)NCCC2CCNC2)nn1. The summed E-state index contributed by atoms with van der Waals surface area (Å²) in [5, 5.41) is 14.2. The second-order valence-corrected chi connectivity index (χ2v) is 5.95. The molecule has 0 aromatic carbocycles. The van der Waals surface area contributed by atoms with Crippen LogP contribution in [0.5, 0.6) is 0 Å². The summed E-state index contributed by atoms with van der Waals surface area (Å²) in [4.78, 5) is 11.9. The molecule has 20 heavy (non-hydrogen) atoms. The Hall–Kier alpha value is -1.43. The number of hydrogen-bond donors (Lipinski definition) is 2. The maximum absolute atomic E-state index is 11.9. The monoisotopic (exact) mass is 279 g/mol. The Morgan fingerprint density at radius 1 is 1.60 bits per heavy atom. The van der Waals surface area contributed by atoms with Crippen LogP contribution in [0.2, 0.25) is 0 Å². The number of aromatic nitrogens is 3. The highest BCUT2D eigenvalue weighted by atomic mass is 16.2. The molecule has 1 aromatic rings. The van der Waals surface area contributed by atoms with Crippen LogP contribution in [-0.2, 0) is 6.54 Å². The summed E-state index contributed by atoms with van der Waals surface area (Å²) in [6.07, 6.45) is 5.01. The van der Waals surface area contributed by atoms with Gasteiger partial charge in [0.2, 0.25) is 0 Å². The van der Waals surface area contributed by atoms with E-state index in [2.05, 4.69) is 34.8 Å². The first-order chi connectivity index (χ1) is 9.65. The van der Waals surface area contributed by atoms with Crippen LogP contribution >= 0.6 is 0 Å². The lowest BCUT2D eigenvalue weighted by Gasteiger charge is -2.08. The van der Waals surface area contributed by atoms with E-state index in [1.165, 1.54) is 6.42 Å². The number of amides is 1. The predicted molar refractivity (Wildman–Crippen MR) is 77.4 cm³/mol. The molecule has 0 bridgehead atoms. The fourth-order valence-electron chi connectivity index (χ4n) is 2.34. The number of hydrogen-bond acceptors (Lipinski definition) is 4. The highest BCUT2D eigenvalue weighted by Gasteiger charge is 2.15. The Balaban J connectivity index is 1.71. The highest BCUT2D eigenvalue weighted by Crippen LogP contribution is 2.10. The van der Waals surface area contributed by atoms with E-state index in [0.717, 1.165) is 32.5 Å². The smallest absolute Gasteiger partial charge is 0.273 e. The summed E-state index contributed by atoms with van der Waals surface area (Å²) in [5.74, 6) is 1.19. The van der Waals surface area contributed by atoms with E-state index in [0.29, 0.717) is 24.1 Å². The third-order valence-electron chi connectivity index (χ3n) is 3.71. The van der Waals surface area contributed by atoms with Crippen LogP contribution in [0.3, 0.4) is 0 Å². The van der Waals surface area contributed by atoms with Crippen LogP contribution in [0.1, 0.15) is 43.6 Å². The van der Waals surface area contributed by atoms with E-state index in [-0.39, 0.29) is 5.91 Å². The van der Waals surface area contributed by atoms with Crippen molar-refractivity contribution in [2.24, 2.45) is 11.8 Å². The first-order valence-corrected chi connectivity index (χ1v) is 7.54. The molecule has 1 aromatic heterocycles. The van der Waals surface area contributed by atoms with E-state index in [9.17, 15) is 4.79 Å². The Morgan fingerprint density at radius 3 is 3.15 bits per heavy atom. The fraction of sp³-hybridized carbons (Fsp3) is 0.786. The summed E-state index contributed by atoms with van der Waals surface area (Å²) in [6, 6.07) is 0. The van der Waals surface area contributed by atoms with Crippen molar-refractivity contribution in [3.8, 4) is 0 Å². The molecule has 2 N–H and O–H groups in total. The molecule has 0 saturated carbocycles. The van der Waals surface area contributed by atoms with Crippen LogP contribution in [0.4, 0.5) is 0 Å². The molecule has 1 fully saturated rings. The van der Waals surface area contributed by atoms with E-state index in [1.54, 1.807) is 10.9 Å². The maximum Gasteiger partial charge on any atom is 0.273 e. The Morgan fingerprint density at radius 2 is 2.45 bits per heavy atom. The fourth-order valence-corrected chi connectivity index (χ4v) is 2.34. The van der Waals surface area contributed by atoms with Crippen LogP contribution in [0.15, 0.2) is 6.20 Å². The topological polar surface area (TPSA) is 71.8 Å². The molecular formula is C14H25N5O. The summed E-state index contributed by atoms with van der Waals surface area (Å²) < 4.78 is 1.75. The van der Waals surface area contributed by atoms with E-state index in [1.807, 2.05) is 0 Å².